The van der Waals surface area contributed by atoms with Crippen molar-refractivity contribution >= 4 is 22.5 Å². The fourth-order valence-electron chi connectivity index (χ4n) is 1.87. The van der Waals surface area contributed by atoms with E-state index >= 15 is 0 Å². The Balaban J connectivity index is 2.21. The van der Waals surface area contributed by atoms with Crippen LogP contribution in [0.4, 0.5) is 5.69 Å². The number of aromatic nitrogens is 1. The number of para-hydroxylation sites is 1. The normalized spacial score (nSPS) is 10.7. The number of nitrogens with zero attached hydrogens (tertiary/aromatic N) is 1. The lowest BCUT2D eigenvalue weighted by molar-refractivity contribution is -0.115. The van der Waals surface area contributed by atoms with Crippen LogP contribution in [0.5, 0.6) is 0 Å². The topological polar surface area (TPSA) is 46.1 Å². The number of amides is 1. The monoisotopic (exact) mass is 231 g/mol. The molecule has 4 heteroatoms. The number of fused-ring (bicyclic) bond motifs is 1. The Labute approximate surface area is 101 Å². The van der Waals surface area contributed by atoms with Crippen molar-refractivity contribution < 1.29 is 4.79 Å². The molecule has 0 saturated carbocycles. The molecular weight excluding hydrogens is 214 g/mol. The average Bonchev–Trinajstić information content (AvgIpc) is 2.65. The molecule has 90 valence electrons. The summed E-state index contributed by atoms with van der Waals surface area (Å²) >= 11 is 0. The Hall–Kier alpha value is -1.81. The summed E-state index contributed by atoms with van der Waals surface area (Å²) in [5.41, 5.74) is 1.98. The molecule has 0 aliphatic heterocycles. The van der Waals surface area contributed by atoms with Gasteiger partial charge in [-0.3, -0.25) is 4.79 Å². The molecule has 0 aliphatic carbocycles. The van der Waals surface area contributed by atoms with E-state index in [1.807, 2.05) is 49.0 Å². The minimum atomic E-state index is -0.0109. The Kier molecular flexibility index (Phi) is 3.44. The summed E-state index contributed by atoms with van der Waals surface area (Å²) < 4.78 is 2.01. The Bertz CT molecular complexity index is 530. The maximum Gasteiger partial charge on any atom is 0.238 e. The average molecular weight is 231 g/mol. The maximum absolute atomic E-state index is 11.6. The van der Waals surface area contributed by atoms with Crippen molar-refractivity contribution in [3.05, 3.63) is 30.5 Å². The molecule has 2 N–H and O–H groups in total. The number of aryl methyl sites for hydroxylation is 1. The van der Waals surface area contributed by atoms with Crippen molar-refractivity contribution in [2.75, 3.05) is 18.4 Å². The number of likely N-dealkylation sites (N-methyl/N-ethyl adjacent to an activating group) is 1. The summed E-state index contributed by atoms with van der Waals surface area (Å²) in [5.74, 6) is -0.0109. The van der Waals surface area contributed by atoms with Crippen LogP contribution in [0.25, 0.3) is 10.9 Å². The van der Waals surface area contributed by atoms with Crippen molar-refractivity contribution in [3.63, 3.8) is 0 Å². The minimum absolute atomic E-state index is 0.0109. The number of hydrogen-bond donors (Lipinski definition) is 2. The van der Waals surface area contributed by atoms with Crippen molar-refractivity contribution in [2.45, 2.75) is 6.92 Å². The van der Waals surface area contributed by atoms with Gasteiger partial charge < -0.3 is 15.2 Å². The number of carbonyl (C=O) groups is 1. The van der Waals surface area contributed by atoms with Gasteiger partial charge in [0.05, 0.1) is 12.2 Å². The molecular formula is C13H17N3O. The lowest BCUT2D eigenvalue weighted by Gasteiger charge is -2.03. The van der Waals surface area contributed by atoms with Crippen molar-refractivity contribution in [3.8, 4) is 0 Å². The lowest BCUT2D eigenvalue weighted by atomic mass is 10.2. The predicted octanol–water partition coefficient (Wildman–Crippen LogP) is 1.73. The van der Waals surface area contributed by atoms with E-state index in [0.717, 1.165) is 23.1 Å². The first-order chi connectivity index (χ1) is 8.22. The zero-order chi connectivity index (χ0) is 12.3. The van der Waals surface area contributed by atoms with E-state index in [2.05, 4.69) is 10.6 Å². The van der Waals surface area contributed by atoms with Gasteiger partial charge in [0.15, 0.2) is 0 Å². The van der Waals surface area contributed by atoms with Gasteiger partial charge in [-0.05, 0) is 12.6 Å². The highest BCUT2D eigenvalue weighted by Gasteiger charge is 2.08. The molecule has 1 aromatic carbocycles. The second kappa shape index (κ2) is 5.01. The van der Waals surface area contributed by atoms with Crippen LogP contribution < -0.4 is 10.6 Å². The first-order valence-corrected chi connectivity index (χ1v) is 5.77. The zero-order valence-electron chi connectivity index (χ0n) is 10.2. The number of nitrogens with one attached hydrogen (secondary N) is 2. The van der Waals surface area contributed by atoms with Crippen LogP contribution in [0.3, 0.4) is 0 Å². The van der Waals surface area contributed by atoms with E-state index in [0.29, 0.717) is 6.54 Å². The predicted molar refractivity (Wildman–Crippen MR) is 70.1 cm³/mol. The van der Waals surface area contributed by atoms with Gasteiger partial charge in [0.2, 0.25) is 5.91 Å². The largest absolute Gasteiger partial charge is 0.348 e. The Morgan fingerprint density at radius 3 is 2.88 bits per heavy atom. The van der Waals surface area contributed by atoms with Gasteiger partial charge in [-0.15, -0.1) is 0 Å². The number of benzene rings is 1. The summed E-state index contributed by atoms with van der Waals surface area (Å²) in [6.45, 7) is 3.12. The highest BCUT2D eigenvalue weighted by atomic mass is 16.1. The van der Waals surface area contributed by atoms with Crippen LogP contribution in [0.1, 0.15) is 6.92 Å². The van der Waals surface area contributed by atoms with E-state index in [1.54, 1.807) is 0 Å². The van der Waals surface area contributed by atoms with Crippen molar-refractivity contribution in [2.24, 2.45) is 7.05 Å². The molecule has 0 saturated heterocycles. The third kappa shape index (κ3) is 2.47. The van der Waals surface area contributed by atoms with E-state index in [4.69, 9.17) is 0 Å². The van der Waals surface area contributed by atoms with E-state index in [1.165, 1.54) is 0 Å². The first kappa shape index (κ1) is 11.7. The molecule has 2 rings (SSSR count). The SMILES string of the molecule is CCNCC(=O)Nc1cn(C)c2ccccc12. The molecule has 0 atom stereocenters. The molecule has 0 fully saturated rings. The first-order valence-electron chi connectivity index (χ1n) is 5.77. The molecule has 1 aromatic heterocycles. The number of hydrogen-bond acceptors (Lipinski definition) is 2. The highest BCUT2D eigenvalue weighted by molar-refractivity contribution is 6.02. The molecule has 17 heavy (non-hydrogen) atoms. The van der Waals surface area contributed by atoms with Crippen LogP contribution in [0, 0.1) is 0 Å². The second-order valence-electron chi connectivity index (χ2n) is 4.00. The van der Waals surface area contributed by atoms with E-state index < -0.39 is 0 Å². The van der Waals surface area contributed by atoms with Gasteiger partial charge in [0.25, 0.3) is 0 Å². The minimum Gasteiger partial charge on any atom is -0.348 e. The Morgan fingerprint density at radius 2 is 2.12 bits per heavy atom. The van der Waals surface area contributed by atoms with Crippen LogP contribution in [0.2, 0.25) is 0 Å². The summed E-state index contributed by atoms with van der Waals surface area (Å²) in [5, 5.41) is 6.99. The van der Waals surface area contributed by atoms with Gasteiger partial charge in [-0.2, -0.15) is 0 Å². The number of carbonyl (C=O) groups excluding carboxylic acids is 1. The van der Waals surface area contributed by atoms with Crippen LogP contribution in [0.15, 0.2) is 30.5 Å². The van der Waals surface area contributed by atoms with E-state index in [-0.39, 0.29) is 5.91 Å². The number of anilines is 1. The maximum atomic E-state index is 11.6. The summed E-state index contributed by atoms with van der Waals surface area (Å²) in [7, 11) is 1.97. The molecule has 0 aliphatic rings. The molecule has 0 unspecified atom stereocenters. The fraction of sp³-hybridized carbons (Fsp3) is 0.308. The third-order valence-electron chi connectivity index (χ3n) is 2.71. The number of rotatable bonds is 4. The standard InChI is InChI=1S/C13H17N3O/c1-3-14-8-13(17)15-11-9-16(2)12-7-5-4-6-10(11)12/h4-7,9,14H,3,8H2,1-2H3,(H,15,17). The van der Waals surface area contributed by atoms with Crippen molar-refractivity contribution in [1.82, 2.24) is 9.88 Å². The van der Waals surface area contributed by atoms with Gasteiger partial charge in [-0.25, -0.2) is 0 Å². The molecule has 0 radical (unpaired) electrons. The van der Waals surface area contributed by atoms with E-state index in [9.17, 15) is 4.79 Å². The van der Waals surface area contributed by atoms with Crippen LogP contribution >= 0.6 is 0 Å². The molecule has 4 nitrogen and oxygen atoms in total. The highest BCUT2D eigenvalue weighted by Crippen LogP contribution is 2.24. The zero-order valence-corrected chi connectivity index (χ0v) is 10.2. The van der Waals surface area contributed by atoms with Gasteiger partial charge in [-0.1, -0.05) is 25.1 Å². The molecule has 1 heterocycles. The van der Waals surface area contributed by atoms with Gasteiger partial charge in [0.1, 0.15) is 0 Å². The Morgan fingerprint density at radius 1 is 1.35 bits per heavy atom. The van der Waals surface area contributed by atoms with Gasteiger partial charge >= 0.3 is 0 Å². The summed E-state index contributed by atoms with van der Waals surface area (Å²) in [6, 6.07) is 8.02. The fourth-order valence-corrected chi connectivity index (χ4v) is 1.87. The van der Waals surface area contributed by atoms with Crippen molar-refractivity contribution in [1.29, 1.82) is 0 Å². The van der Waals surface area contributed by atoms with Gasteiger partial charge in [0, 0.05) is 24.1 Å². The lowest BCUT2D eigenvalue weighted by Crippen LogP contribution is -2.27. The molecule has 0 spiro atoms. The molecule has 0 bridgehead atoms. The smallest absolute Gasteiger partial charge is 0.238 e. The third-order valence-corrected chi connectivity index (χ3v) is 2.71. The van der Waals surface area contributed by atoms with Crippen LogP contribution in [-0.4, -0.2) is 23.6 Å². The summed E-state index contributed by atoms with van der Waals surface area (Å²) in [6.07, 6.45) is 1.94. The van der Waals surface area contributed by atoms with Crippen LogP contribution in [-0.2, 0) is 11.8 Å². The molecule has 1 amide bonds. The summed E-state index contributed by atoms with van der Waals surface area (Å²) in [4.78, 5) is 11.6. The second-order valence-corrected chi connectivity index (χ2v) is 4.00. The molecule has 2 aromatic rings. The quantitative estimate of drug-likeness (QED) is 0.841.